The number of halogens is 1. The van der Waals surface area contributed by atoms with Gasteiger partial charge in [-0.2, -0.15) is 4.31 Å². The number of amides is 1. The van der Waals surface area contributed by atoms with Gasteiger partial charge in [0.15, 0.2) is 6.61 Å². The summed E-state index contributed by atoms with van der Waals surface area (Å²) >= 11 is 5.74. The molecule has 0 aliphatic heterocycles. The molecule has 160 valence electrons. The molecule has 10 nitrogen and oxygen atoms in total. The number of hydrogen-bond acceptors (Lipinski definition) is 7. The van der Waals surface area contributed by atoms with Gasteiger partial charge >= 0.3 is 5.97 Å². The molecule has 12 heteroatoms. The highest BCUT2D eigenvalue weighted by molar-refractivity contribution is 7.89. The number of hydrogen-bond donors (Lipinski definition) is 1. The van der Waals surface area contributed by atoms with E-state index >= 15 is 0 Å². The molecule has 2 rings (SSSR count). The third-order valence-electron chi connectivity index (χ3n) is 3.93. The molecule has 1 amide bonds. The molecule has 0 aromatic heterocycles. The van der Waals surface area contributed by atoms with Crippen molar-refractivity contribution in [2.75, 3.05) is 25.5 Å². The summed E-state index contributed by atoms with van der Waals surface area (Å²) in [5.41, 5.74) is 0.656. The molecule has 1 N–H and O–H groups in total. The van der Waals surface area contributed by atoms with Crippen LogP contribution in [0.4, 0.5) is 11.4 Å². The number of rotatable bonds is 8. The Morgan fingerprint density at radius 1 is 1.20 bits per heavy atom. The monoisotopic (exact) mass is 455 g/mol. The van der Waals surface area contributed by atoms with Gasteiger partial charge in [0.1, 0.15) is 6.54 Å². The van der Waals surface area contributed by atoms with Gasteiger partial charge in [0, 0.05) is 29.9 Å². The van der Waals surface area contributed by atoms with Crippen molar-refractivity contribution in [1.29, 1.82) is 0 Å². The topological polar surface area (TPSA) is 136 Å². The Balaban J connectivity index is 1.90. The molecule has 0 fully saturated rings. The van der Waals surface area contributed by atoms with Crippen molar-refractivity contribution in [1.82, 2.24) is 4.31 Å². The number of ether oxygens (including phenoxy) is 1. The molecule has 2 aromatic carbocycles. The van der Waals surface area contributed by atoms with Crippen LogP contribution in [0.1, 0.15) is 5.56 Å². The fourth-order valence-electron chi connectivity index (χ4n) is 2.33. The number of carbonyl (C=O) groups is 2. The van der Waals surface area contributed by atoms with Crippen LogP contribution < -0.4 is 5.32 Å². The van der Waals surface area contributed by atoms with Crippen LogP contribution in [-0.4, -0.2) is 49.7 Å². The normalized spacial score (nSPS) is 11.2. The number of non-ortho nitro benzene ring substituents is 1. The number of nitrogens with one attached hydrogen (secondary N) is 1. The number of nitro benzene ring substituents is 1. The van der Waals surface area contributed by atoms with Gasteiger partial charge in [0.25, 0.3) is 11.6 Å². The van der Waals surface area contributed by atoms with Crippen LogP contribution >= 0.6 is 11.6 Å². The first kappa shape index (κ1) is 23.3. The lowest BCUT2D eigenvalue weighted by Crippen LogP contribution is -2.34. The second-order valence-corrected chi connectivity index (χ2v) is 8.66. The molecule has 0 aliphatic rings. The van der Waals surface area contributed by atoms with Crippen LogP contribution in [0, 0.1) is 17.0 Å². The first-order valence-electron chi connectivity index (χ1n) is 8.43. The first-order valence-corrected chi connectivity index (χ1v) is 10.2. The second kappa shape index (κ2) is 9.65. The Morgan fingerprint density at radius 3 is 2.40 bits per heavy atom. The van der Waals surface area contributed by atoms with Crippen LogP contribution in [0.25, 0.3) is 0 Å². The average Bonchev–Trinajstić information content (AvgIpc) is 2.68. The van der Waals surface area contributed by atoms with Crippen LogP contribution in [0.2, 0.25) is 5.02 Å². The summed E-state index contributed by atoms with van der Waals surface area (Å²) in [7, 11) is -2.74. The number of likely N-dealkylation sites (N-methyl/N-ethyl adjacent to an activating group) is 1. The van der Waals surface area contributed by atoms with E-state index in [-0.39, 0.29) is 10.6 Å². The van der Waals surface area contributed by atoms with Gasteiger partial charge in [0.05, 0.1) is 9.82 Å². The van der Waals surface area contributed by atoms with E-state index in [1.807, 2.05) is 0 Å². The van der Waals surface area contributed by atoms with Gasteiger partial charge < -0.3 is 10.1 Å². The Bertz CT molecular complexity index is 1070. The highest BCUT2D eigenvalue weighted by atomic mass is 35.5. The quantitative estimate of drug-likeness (QED) is 0.366. The van der Waals surface area contributed by atoms with Gasteiger partial charge in [-0.05, 0) is 42.8 Å². The van der Waals surface area contributed by atoms with E-state index in [9.17, 15) is 28.1 Å². The molecule has 0 saturated heterocycles. The van der Waals surface area contributed by atoms with Crippen LogP contribution in [-0.2, 0) is 24.3 Å². The van der Waals surface area contributed by atoms with Gasteiger partial charge in [0.2, 0.25) is 10.0 Å². The SMILES string of the molecule is Cc1cc([N+](=O)[O-])ccc1NC(=O)COC(=O)CN(C)S(=O)(=O)c1ccc(Cl)cc1. The summed E-state index contributed by atoms with van der Waals surface area (Å²) < 4.78 is 30.4. The maximum Gasteiger partial charge on any atom is 0.321 e. The van der Waals surface area contributed by atoms with Crippen molar-refractivity contribution >= 4 is 44.9 Å². The molecule has 0 atom stereocenters. The number of aryl methyl sites for hydroxylation is 1. The highest BCUT2D eigenvalue weighted by Crippen LogP contribution is 2.21. The van der Waals surface area contributed by atoms with E-state index in [0.717, 1.165) is 4.31 Å². The van der Waals surface area contributed by atoms with E-state index in [0.29, 0.717) is 16.3 Å². The van der Waals surface area contributed by atoms with Gasteiger partial charge in [-0.3, -0.25) is 19.7 Å². The summed E-state index contributed by atoms with van der Waals surface area (Å²) in [5.74, 6) is -1.60. The molecule has 0 unspecified atom stereocenters. The van der Waals surface area contributed by atoms with Crippen LogP contribution in [0.5, 0.6) is 0 Å². The fraction of sp³-hybridized carbons (Fsp3) is 0.222. The molecule has 0 heterocycles. The maximum absolute atomic E-state index is 12.4. The van der Waals surface area contributed by atoms with E-state index in [4.69, 9.17) is 16.3 Å². The van der Waals surface area contributed by atoms with Crippen LogP contribution in [0.3, 0.4) is 0 Å². The number of nitrogens with zero attached hydrogens (tertiary/aromatic N) is 2. The summed E-state index contributed by atoms with van der Waals surface area (Å²) in [6.07, 6.45) is 0. The molecule has 0 spiro atoms. The molecule has 0 aliphatic carbocycles. The third-order valence-corrected chi connectivity index (χ3v) is 6.00. The molecule has 0 radical (unpaired) electrons. The highest BCUT2D eigenvalue weighted by Gasteiger charge is 2.24. The fourth-order valence-corrected chi connectivity index (χ4v) is 3.57. The predicted molar refractivity (Wildman–Crippen MR) is 109 cm³/mol. The van der Waals surface area contributed by atoms with Crippen molar-refractivity contribution in [3.63, 3.8) is 0 Å². The van der Waals surface area contributed by atoms with Crippen LogP contribution in [0.15, 0.2) is 47.4 Å². The maximum atomic E-state index is 12.4. The predicted octanol–water partition coefficient (Wildman–Crippen LogP) is 2.36. The Hall–Kier alpha value is -3.02. The zero-order valence-corrected chi connectivity index (χ0v) is 17.6. The lowest BCUT2D eigenvalue weighted by Gasteiger charge is -2.16. The van der Waals surface area contributed by atoms with Gasteiger partial charge in [-0.15, -0.1) is 0 Å². The summed E-state index contributed by atoms with van der Waals surface area (Å²) in [6, 6.07) is 9.30. The number of nitro groups is 1. The third kappa shape index (κ3) is 5.99. The van der Waals surface area contributed by atoms with Crippen molar-refractivity contribution in [2.45, 2.75) is 11.8 Å². The van der Waals surface area contributed by atoms with Crippen molar-refractivity contribution in [2.24, 2.45) is 0 Å². The Kier molecular flexibility index (Phi) is 7.48. The lowest BCUT2D eigenvalue weighted by molar-refractivity contribution is -0.384. The molecule has 30 heavy (non-hydrogen) atoms. The van der Waals surface area contributed by atoms with Crippen molar-refractivity contribution in [3.05, 3.63) is 63.2 Å². The average molecular weight is 456 g/mol. The molecule has 0 bridgehead atoms. The minimum absolute atomic E-state index is 0.0476. The first-order chi connectivity index (χ1) is 14.0. The Morgan fingerprint density at radius 2 is 1.83 bits per heavy atom. The summed E-state index contributed by atoms with van der Waals surface area (Å²) in [5, 5.41) is 13.6. The standard InChI is InChI=1S/C18H18ClN3O7S/c1-12-9-14(22(25)26)5-8-16(12)20-17(23)11-29-18(24)10-21(2)30(27,28)15-6-3-13(19)4-7-15/h3-9H,10-11H2,1-2H3,(H,20,23). The second-order valence-electron chi connectivity index (χ2n) is 6.18. The molecule has 0 saturated carbocycles. The smallest absolute Gasteiger partial charge is 0.321 e. The van der Waals surface area contributed by atoms with E-state index in [1.165, 1.54) is 49.5 Å². The molecular formula is C18H18ClN3O7S. The molecule has 2 aromatic rings. The van der Waals surface area contributed by atoms with Gasteiger partial charge in [-0.25, -0.2) is 8.42 Å². The largest absolute Gasteiger partial charge is 0.455 e. The summed E-state index contributed by atoms with van der Waals surface area (Å²) in [4.78, 5) is 34.0. The van der Waals surface area contributed by atoms with Crippen molar-refractivity contribution in [3.8, 4) is 0 Å². The number of carbonyl (C=O) groups excluding carboxylic acids is 2. The zero-order valence-electron chi connectivity index (χ0n) is 16.0. The lowest BCUT2D eigenvalue weighted by atomic mass is 10.2. The van der Waals surface area contributed by atoms with Gasteiger partial charge in [-0.1, -0.05) is 11.6 Å². The van der Waals surface area contributed by atoms with Crippen molar-refractivity contribution < 1.29 is 27.7 Å². The molecular weight excluding hydrogens is 438 g/mol. The number of benzene rings is 2. The zero-order chi connectivity index (χ0) is 22.5. The van der Waals surface area contributed by atoms with E-state index in [2.05, 4.69) is 5.32 Å². The minimum atomic E-state index is -3.94. The Labute approximate surface area is 177 Å². The van der Waals surface area contributed by atoms with E-state index in [1.54, 1.807) is 6.92 Å². The summed E-state index contributed by atoms with van der Waals surface area (Å²) in [6.45, 7) is 0.324. The number of anilines is 1. The van der Waals surface area contributed by atoms with E-state index < -0.39 is 40.0 Å². The number of esters is 1. The number of sulfonamides is 1. The minimum Gasteiger partial charge on any atom is -0.455 e.